The van der Waals surface area contributed by atoms with Gasteiger partial charge in [-0.1, -0.05) is 118 Å². The van der Waals surface area contributed by atoms with Gasteiger partial charge in [-0.15, -0.1) is 0 Å². The predicted octanol–water partition coefficient (Wildman–Crippen LogP) is 0.447. The maximum absolute atomic E-state index is 15.2. The van der Waals surface area contributed by atoms with Crippen molar-refractivity contribution < 1.29 is 67.7 Å². The number of aromatic nitrogens is 1. The highest BCUT2D eigenvalue weighted by atomic mass is 16.4. The number of aliphatic carboxylic acids is 1. The van der Waals surface area contributed by atoms with Crippen molar-refractivity contribution in [2.24, 2.45) is 17.4 Å². The normalized spacial score (nSPS) is 23.7. The van der Waals surface area contributed by atoms with Crippen molar-refractivity contribution in [2.45, 2.75) is 165 Å². The van der Waals surface area contributed by atoms with Crippen LogP contribution in [-0.4, -0.2) is 165 Å². The van der Waals surface area contributed by atoms with Gasteiger partial charge in [0.1, 0.15) is 66.2 Å². The van der Waals surface area contributed by atoms with E-state index >= 15 is 4.79 Å². The van der Waals surface area contributed by atoms with Gasteiger partial charge in [-0.2, -0.15) is 0 Å². The Bertz CT molecular complexity index is 3490. The highest BCUT2D eigenvalue weighted by molar-refractivity contribution is 6.01. The van der Waals surface area contributed by atoms with Crippen molar-refractivity contribution in [1.82, 2.24) is 57.7 Å². The predicted molar refractivity (Wildman–Crippen MR) is 345 cm³/mol. The number of para-hydroxylation sites is 1. The number of hydrogen-bond acceptors (Lipinski definition) is 14. The first-order chi connectivity index (χ1) is 45.0. The zero-order chi connectivity index (χ0) is 68.0. The number of amides is 11. The lowest BCUT2D eigenvalue weighted by molar-refractivity contribution is -0.142. The largest absolute Gasteiger partial charge is 0.508 e. The Morgan fingerprint density at radius 3 is 1.50 bits per heavy atom. The number of nitrogens with two attached hydrogens (primary N) is 2. The van der Waals surface area contributed by atoms with Crippen LogP contribution in [0.25, 0.3) is 10.9 Å². The minimum atomic E-state index is -2.01. The fourth-order valence-corrected chi connectivity index (χ4v) is 11.5. The molecule has 1 aromatic heterocycles. The van der Waals surface area contributed by atoms with E-state index in [4.69, 9.17) is 11.5 Å². The summed E-state index contributed by atoms with van der Waals surface area (Å²) in [6.07, 6.45) is -0.334. The summed E-state index contributed by atoms with van der Waals surface area (Å²) in [6.45, 7) is 5.46. The summed E-state index contributed by atoms with van der Waals surface area (Å²) in [5, 5.41) is 44.9. The van der Waals surface area contributed by atoms with Crippen LogP contribution < -0.4 is 59.3 Å². The number of aromatic amines is 1. The number of phenols is 1. The first-order valence-electron chi connectivity index (χ1n) is 31.6. The summed E-state index contributed by atoms with van der Waals surface area (Å²) >= 11 is 0. The first kappa shape index (κ1) is 71.3. The molecule has 0 radical (unpaired) electrons. The average Bonchev–Trinajstić information content (AvgIpc) is 1.63. The minimum absolute atomic E-state index is 0.0141. The van der Waals surface area contributed by atoms with E-state index in [0.717, 1.165) is 0 Å². The second-order valence-corrected chi connectivity index (χ2v) is 24.2. The quantitative estimate of drug-likeness (QED) is 0.0534. The van der Waals surface area contributed by atoms with E-state index in [9.17, 15) is 63.0 Å². The van der Waals surface area contributed by atoms with Crippen molar-refractivity contribution in [2.75, 3.05) is 13.1 Å². The Balaban J connectivity index is 1.32. The molecule has 2 saturated heterocycles. The molecule has 3 heterocycles. The number of fused-ring (bicyclic) bond motifs is 2. The Kier molecular flexibility index (Phi) is 26.1. The number of carbonyl (C=O) groups is 12. The number of phenolic OH excluding ortho intramolecular Hbond substituents is 1. The number of aromatic hydroxyl groups is 1. The molecule has 2 aliphatic heterocycles. The lowest BCUT2D eigenvalue weighted by atomic mass is 9.99. The van der Waals surface area contributed by atoms with E-state index in [1.807, 2.05) is 13.8 Å². The fraction of sp³-hybridized carbons (Fsp3) is 0.433. The molecule has 94 heavy (non-hydrogen) atoms. The van der Waals surface area contributed by atoms with Crippen LogP contribution in [-0.2, 0) is 83.2 Å². The van der Waals surface area contributed by atoms with Gasteiger partial charge in [-0.25, -0.2) is 0 Å². The fourth-order valence-electron chi connectivity index (χ4n) is 11.5. The molecule has 0 saturated carbocycles. The van der Waals surface area contributed by atoms with Crippen molar-refractivity contribution >= 4 is 81.9 Å². The molecule has 2 aliphatic rings. The number of carbonyl (C=O) groups excluding carboxylic acids is 11. The number of rotatable bonds is 19. The monoisotopic (exact) mass is 1300 g/mol. The Labute approximate surface area is 543 Å². The summed E-state index contributed by atoms with van der Waals surface area (Å²) in [7, 11) is 0. The number of nitrogens with zero attached hydrogens (tertiary/aromatic N) is 1. The molecule has 11 amide bonds. The summed E-state index contributed by atoms with van der Waals surface area (Å²) in [6, 6.07) is 14.6. The molecule has 0 unspecified atom stereocenters. The van der Waals surface area contributed by atoms with Crippen molar-refractivity contribution in [3.8, 4) is 5.75 Å². The first-order valence-corrected chi connectivity index (χ1v) is 31.6. The van der Waals surface area contributed by atoms with E-state index in [0.29, 0.717) is 46.0 Å². The zero-order valence-corrected chi connectivity index (χ0v) is 52.8. The Morgan fingerprint density at radius 2 is 0.957 bits per heavy atom. The molecule has 7 rings (SSSR count). The van der Waals surface area contributed by atoms with Gasteiger partial charge in [0.05, 0.1) is 12.8 Å². The number of carboxylic acid groups (broad SMARTS) is 1. The second kappa shape index (κ2) is 34.5. The van der Waals surface area contributed by atoms with Gasteiger partial charge in [0.15, 0.2) is 0 Å². The van der Waals surface area contributed by atoms with Gasteiger partial charge in [-0.05, 0) is 91.4 Å². The summed E-state index contributed by atoms with van der Waals surface area (Å²) in [5.41, 5.74) is 14.3. The van der Waals surface area contributed by atoms with Crippen LogP contribution in [0.5, 0.6) is 5.75 Å². The van der Waals surface area contributed by atoms with Gasteiger partial charge in [0.25, 0.3) is 0 Å². The molecule has 16 N–H and O–H groups in total. The van der Waals surface area contributed by atoms with Crippen LogP contribution in [0.4, 0.5) is 0 Å². The SMILES string of the molecule is CCC[C@@H]1NC(=O)[C@H](Cc2c[nH]c3ccccc23)NC(=O)[C@H](CC(=O)O)NC(=O)[C@H](CC(N)=O)NC(=O)[C@@H](Cc2ccccc2)NC(=O)[C@H](Cc2ccccc2)NC(=O)[C@@H]2CCCN2C(=O)[C@@H](Cc2ccc(O)cc2)NC(=O)[C@H](CC(C)C)NC(=O)[C@H](CCCN)NC1=O. The zero-order valence-electron chi connectivity index (χ0n) is 52.8. The van der Waals surface area contributed by atoms with Gasteiger partial charge < -0.3 is 79.4 Å². The number of primary amides is 1. The maximum atomic E-state index is 15.2. The van der Waals surface area contributed by atoms with Gasteiger partial charge in [0, 0.05) is 49.3 Å². The highest BCUT2D eigenvalue weighted by Gasteiger charge is 2.42. The van der Waals surface area contributed by atoms with Crippen LogP contribution in [0.2, 0.25) is 0 Å². The molecular weight excluding hydrogens is 1210 g/mol. The third-order valence-electron chi connectivity index (χ3n) is 16.3. The van der Waals surface area contributed by atoms with Gasteiger partial charge >= 0.3 is 5.97 Å². The lowest BCUT2D eigenvalue weighted by Gasteiger charge is -2.31. The van der Waals surface area contributed by atoms with E-state index in [1.165, 1.54) is 17.0 Å². The standard InChI is InChI=1S/C67H85N13O14/c1-4-15-46-58(85)72-47(22-13-28-68)59(86)73-48(30-38(2)3)60(87)79-54(33-41-24-26-43(81)27-25-41)67(94)80-29-14-23-55(80)66(93)78-50(32-40-18-9-6-10-19-40)62(89)74-49(31-39-16-7-5-8-17-39)61(88)76-52(35-56(69)82)64(91)77-53(36-57(83)84)65(92)75-51(63(90)71-46)34-42-37-70-45-21-12-11-20-44(42)45/h5-12,16-21,24-27,37-38,46-55,70,81H,4,13-15,22-23,28-36,68H2,1-3H3,(H2,69,82)(H,71,90)(H,72,85)(H,73,86)(H,74,89)(H,75,92)(H,76,88)(H,77,91)(H,78,93)(H,79,87)(H,83,84)/t46-,47-,48-,49+,50-,51-,52-,53-,54+,55-/m0/s1. The van der Waals surface area contributed by atoms with Crippen molar-refractivity contribution in [3.63, 3.8) is 0 Å². The molecule has 0 bridgehead atoms. The van der Waals surface area contributed by atoms with Crippen molar-refractivity contribution in [3.05, 3.63) is 138 Å². The van der Waals surface area contributed by atoms with E-state index in [2.05, 4.69) is 52.8 Å². The molecular formula is C67H85N13O14. The third-order valence-corrected chi connectivity index (χ3v) is 16.3. The molecule has 502 valence electrons. The van der Waals surface area contributed by atoms with Crippen LogP contribution >= 0.6 is 0 Å². The van der Waals surface area contributed by atoms with Gasteiger partial charge in [0.2, 0.25) is 65.0 Å². The summed E-state index contributed by atoms with van der Waals surface area (Å²) in [4.78, 5) is 177. The molecule has 4 aromatic carbocycles. The third kappa shape index (κ3) is 20.7. The summed E-state index contributed by atoms with van der Waals surface area (Å²) in [5.74, 6) is -12.3. The second-order valence-electron chi connectivity index (χ2n) is 24.2. The van der Waals surface area contributed by atoms with E-state index < -0.39 is 144 Å². The molecule has 27 nitrogen and oxygen atoms in total. The molecule has 0 spiro atoms. The molecule has 27 heteroatoms. The molecule has 10 atom stereocenters. The van der Waals surface area contributed by atoms with E-state index in [-0.39, 0.29) is 82.5 Å². The number of nitrogens with one attached hydrogen (secondary N) is 10. The highest BCUT2D eigenvalue weighted by Crippen LogP contribution is 2.23. The Morgan fingerprint density at radius 1 is 0.521 bits per heavy atom. The van der Waals surface area contributed by atoms with Crippen LogP contribution in [0.3, 0.4) is 0 Å². The summed E-state index contributed by atoms with van der Waals surface area (Å²) < 4.78 is 0. The van der Waals surface area contributed by atoms with Crippen LogP contribution in [0, 0.1) is 5.92 Å². The molecule has 5 aromatic rings. The van der Waals surface area contributed by atoms with Crippen molar-refractivity contribution in [1.29, 1.82) is 0 Å². The average molecular weight is 1300 g/mol. The minimum Gasteiger partial charge on any atom is -0.508 e. The topological polar surface area (TPSA) is 425 Å². The number of hydrogen-bond donors (Lipinski definition) is 14. The smallest absolute Gasteiger partial charge is 0.305 e. The van der Waals surface area contributed by atoms with Crippen LogP contribution in [0.15, 0.2) is 115 Å². The number of H-pyrrole nitrogens is 1. The number of benzene rings is 4. The van der Waals surface area contributed by atoms with Gasteiger partial charge in [-0.3, -0.25) is 57.5 Å². The molecule has 0 aliphatic carbocycles. The lowest BCUT2D eigenvalue weighted by Crippen LogP contribution is -2.62. The van der Waals surface area contributed by atoms with E-state index in [1.54, 1.807) is 110 Å². The maximum Gasteiger partial charge on any atom is 0.305 e. The molecule has 2 fully saturated rings. The number of carboxylic acids is 1. The Hall–Kier alpha value is -10.2. The van der Waals surface area contributed by atoms with Crippen LogP contribution in [0.1, 0.15) is 101 Å².